The number of anilines is 1. The van der Waals surface area contributed by atoms with Crippen molar-refractivity contribution in [3.63, 3.8) is 0 Å². The zero-order chi connectivity index (χ0) is 21.3. The normalized spacial score (nSPS) is 20.0. The van der Waals surface area contributed by atoms with Crippen molar-refractivity contribution in [1.82, 2.24) is 9.80 Å². The third-order valence-corrected chi connectivity index (χ3v) is 6.44. The van der Waals surface area contributed by atoms with Crippen molar-refractivity contribution in [2.75, 3.05) is 45.2 Å². The lowest BCUT2D eigenvalue weighted by Gasteiger charge is -2.33. The van der Waals surface area contributed by atoms with E-state index >= 15 is 0 Å². The minimum absolute atomic E-state index is 0.0719. The summed E-state index contributed by atoms with van der Waals surface area (Å²) in [7, 11) is 2.19. The van der Waals surface area contributed by atoms with Gasteiger partial charge >= 0.3 is 0 Å². The predicted molar refractivity (Wildman–Crippen MR) is 121 cm³/mol. The number of piperazine rings is 1. The first-order chi connectivity index (χ1) is 14.4. The van der Waals surface area contributed by atoms with Crippen LogP contribution in [-0.4, -0.2) is 55.5 Å². The summed E-state index contributed by atoms with van der Waals surface area (Å²) in [5, 5.41) is 3.05. The number of likely N-dealkylation sites (N-methyl/N-ethyl adjacent to an activating group) is 1. The Balaban J connectivity index is 1.67. The fourth-order valence-corrected chi connectivity index (χ4v) is 4.71. The molecule has 0 aromatic heterocycles. The molecule has 1 saturated heterocycles. The van der Waals surface area contributed by atoms with Gasteiger partial charge in [-0.25, -0.2) is 0 Å². The number of amides is 1. The number of rotatable bonds is 5. The van der Waals surface area contributed by atoms with Crippen LogP contribution in [0.25, 0.3) is 0 Å². The summed E-state index contributed by atoms with van der Waals surface area (Å²) in [4.78, 5) is 17.5. The maximum absolute atomic E-state index is 12.5. The molecule has 5 heteroatoms. The van der Waals surface area contributed by atoms with E-state index in [0.29, 0.717) is 13.0 Å². The fraction of sp³-hybridized carbons (Fsp3) is 0.480. The van der Waals surface area contributed by atoms with E-state index in [2.05, 4.69) is 54.2 Å². The second kappa shape index (κ2) is 8.78. The van der Waals surface area contributed by atoms with E-state index in [-0.39, 0.29) is 11.8 Å². The van der Waals surface area contributed by atoms with Crippen molar-refractivity contribution in [2.45, 2.75) is 39.7 Å². The van der Waals surface area contributed by atoms with Gasteiger partial charge in [-0.3, -0.25) is 9.69 Å². The smallest absolute Gasteiger partial charge is 0.225 e. The number of carbonyl (C=O) groups is 1. The molecule has 0 aliphatic carbocycles. The van der Waals surface area contributed by atoms with Crippen LogP contribution in [0.4, 0.5) is 5.69 Å². The van der Waals surface area contributed by atoms with Gasteiger partial charge in [0.2, 0.25) is 5.91 Å². The summed E-state index contributed by atoms with van der Waals surface area (Å²) in [6, 6.07) is 10.7. The minimum atomic E-state index is 0.0719. The van der Waals surface area contributed by atoms with Crippen LogP contribution in [0.3, 0.4) is 0 Å². The van der Waals surface area contributed by atoms with E-state index in [1.807, 2.05) is 19.1 Å². The van der Waals surface area contributed by atoms with Crippen LogP contribution in [0.5, 0.6) is 5.75 Å². The summed E-state index contributed by atoms with van der Waals surface area (Å²) in [6.45, 7) is 12.4. The van der Waals surface area contributed by atoms with Gasteiger partial charge in [-0.05, 0) is 56.1 Å². The number of fused-ring (bicyclic) bond motifs is 1. The highest BCUT2D eigenvalue weighted by Gasteiger charge is 2.29. The molecule has 1 N–H and O–H groups in total. The lowest BCUT2D eigenvalue weighted by Crippen LogP contribution is -2.44. The van der Waals surface area contributed by atoms with Crippen molar-refractivity contribution in [2.24, 2.45) is 0 Å². The van der Waals surface area contributed by atoms with Crippen LogP contribution >= 0.6 is 0 Å². The summed E-state index contributed by atoms with van der Waals surface area (Å²) < 4.78 is 5.64. The molecule has 0 spiro atoms. The molecule has 2 heterocycles. The molecule has 0 saturated carbocycles. The number of benzene rings is 2. The fourth-order valence-electron chi connectivity index (χ4n) is 4.71. The summed E-state index contributed by atoms with van der Waals surface area (Å²) in [5.41, 5.74) is 7.30. The standard InChI is InChI=1S/C25H33N3O2/c1-5-30-20-6-7-21-23(15-25(29)26-24(21)14-20)22-13-17(2)12-19(18(22)3)16-28-10-8-27(4)9-11-28/h6-7,12-14,23H,5,8-11,15-16H2,1-4H3,(H,26,29). The summed E-state index contributed by atoms with van der Waals surface area (Å²) >= 11 is 0. The molecule has 160 valence electrons. The van der Waals surface area contributed by atoms with Crippen molar-refractivity contribution in [3.05, 3.63) is 58.1 Å². The van der Waals surface area contributed by atoms with E-state index in [1.54, 1.807) is 0 Å². The molecule has 1 unspecified atom stereocenters. The third-order valence-electron chi connectivity index (χ3n) is 6.44. The molecule has 1 atom stereocenters. The van der Waals surface area contributed by atoms with Gasteiger partial charge in [0.15, 0.2) is 0 Å². The molecule has 0 bridgehead atoms. The Kier molecular flexibility index (Phi) is 6.11. The number of ether oxygens (including phenoxy) is 1. The first-order valence-electron chi connectivity index (χ1n) is 11.0. The topological polar surface area (TPSA) is 44.8 Å². The number of hydrogen-bond donors (Lipinski definition) is 1. The third kappa shape index (κ3) is 4.37. The lowest BCUT2D eigenvalue weighted by atomic mass is 9.81. The van der Waals surface area contributed by atoms with E-state index in [1.165, 1.54) is 27.8 Å². The molecule has 30 heavy (non-hydrogen) atoms. The van der Waals surface area contributed by atoms with Crippen molar-refractivity contribution >= 4 is 11.6 Å². The predicted octanol–water partition coefficient (Wildman–Crippen LogP) is 3.92. The Hall–Kier alpha value is -2.37. The second-order valence-corrected chi connectivity index (χ2v) is 8.70. The van der Waals surface area contributed by atoms with Crippen molar-refractivity contribution in [3.8, 4) is 5.75 Å². The lowest BCUT2D eigenvalue weighted by molar-refractivity contribution is -0.116. The number of aryl methyl sites for hydroxylation is 1. The summed E-state index contributed by atoms with van der Waals surface area (Å²) in [5.74, 6) is 0.951. The largest absolute Gasteiger partial charge is 0.494 e. The maximum atomic E-state index is 12.5. The Morgan fingerprint density at radius 3 is 2.57 bits per heavy atom. The quantitative estimate of drug-likeness (QED) is 0.816. The first kappa shape index (κ1) is 20.9. The number of nitrogens with zero attached hydrogens (tertiary/aromatic N) is 2. The van der Waals surface area contributed by atoms with E-state index in [0.717, 1.165) is 44.2 Å². The van der Waals surface area contributed by atoms with Gasteiger partial charge in [0.25, 0.3) is 0 Å². The second-order valence-electron chi connectivity index (χ2n) is 8.70. The van der Waals surface area contributed by atoms with Crippen LogP contribution in [-0.2, 0) is 11.3 Å². The maximum Gasteiger partial charge on any atom is 0.225 e. The summed E-state index contributed by atoms with van der Waals surface area (Å²) in [6.07, 6.45) is 0.485. The Morgan fingerprint density at radius 2 is 1.83 bits per heavy atom. The van der Waals surface area contributed by atoms with Crippen molar-refractivity contribution < 1.29 is 9.53 Å². The van der Waals surface area contributed by atoms with Gasteiger partial charge < -0.3 is 15.0 Å². The molecule has 2 aliphatic heterocycles. The van der Waals surface area contributed by atoms with E-state index in [9.17, 15) is 4.79 Å². The molecule has 2 aromatic carbocycles. The molecule has 1 fully saturated rings. The SMILES string of the molecule is CCOc1ccc2c(c1)NC(=O)CC2c1cc(C)cc(CN2CCN(C)CC2)c1C. The minimum Gasteiger partial charge on any atom is -0.494 e. The van der Waals surface area contributed by atoms with Gasteiger partial charge in [-0.1, -0.05) is 23.8 Å². The first-order valence-corrected chi connectivity index (χ1v) is 11.0. The van der Waals surface area contributed by atoms with Crippen LogP contribution < -0.4 is 10.1 Å². The van der Waals surface area contributed by atoms with Crippen LogP contribution in [0.2, 0.25) is 0 Å². The Labute approximate surface area is 180 Å². The van der Waals surface area contributed by atoms with E-state index in [4.69, 9.17) is 4.74 Å². The van der Waals surface area contributed by atoms with Gasteiger partial charge in [-0.15, -0.1) is 0 Å². The monoisotopic (exact) mass is 407 g/mol. The highest BCUT2D eigenvalue weighted by molar-refractivity contribution is 5.95. The average molecular weight is 408 g/mol. The molecule has 4 rings (SSSR count). The van der Waals surface area contributed by atoms with Gasteiger partial charge in [-0.2, -0.15) is 0 Å². The Bertz CT molecular complexity index is 932. The number of carbonyl (C=O) groups excluding carboxylic acids is 1. The molecule has 2 aliphatic rings. The number of nitrogens with one attached hydrogen (secondary N) is 1. The van der Waals surface area contributed by atoms with Crippen LogP contribution in [0.1, 0.15) is 47.1 Å². The molecule has 2 aromatic rings. The molecule has 5 nitrogen and oxygen atoms in total. The highest BCUT2D eigenvalue weighted by Crippen LogP contribution is 2.41. The highest BCUT2D eigenvalue weighted by atomic mass is 16.5. The molecular formula is C25H33N3O2. The Morgan fingerprint density at radius 1 is 1.07 bits per heavy atom. The number of hydrogen-bond acceptors (Lipinski definition) is 4. The molecule has 1 amide bonds. The molecular weight excluding hydrogens is 374 g/mol. The average Bonchev–Trinajstić information content (AvgIpc) is 2.71. The zero-order valence-corrected chi connectivity index (χ0v) is 18.6. The van der Waals surface area contributed by atoms with E-state index < -0.39 is 0 Å². The van der Waals surface area contributed by atoms with Gasteiger partial charge in [0.1, 0.15) is 5.75 Å². The van der Waals surface area contributed by atoms with Crippen molar-refractivity contribution in [1.29, 1.82) is 0 Å². The molecule has 0 radical (unpaired) electrons. The van der Waals surface area contributed by atoms with Gasteiger partial charge in [0.05, 0.1) is 6.61 Å². The van der Waals surface area contributed by atoms with Crippen LogP contribution in [0.15, 0.2) is 30.3 Å². The zero-order valence-electron chi connectivity index (χ0n) is 18.6. The van der Waals surface area contributed by atoms with Crippen LogP contribution in [0, 0.1) is 13.8 Å². The van der Waals surface area contributed by atoms with Gasteiger partial charge in [0, 0.05) is 56.8 Å².